The van der Waals surface area contributed by atoms with E-state index in [1.54, 1.807) is 0 Å². The number of nitrogens with zero attached hydrogens (tertiary/aromatic N) is 1. The summed E-state index contributed by atoms with van der Waals surface area (Å²) in [5.74, 6) is 0. The van der Waals surface area contributed by atoms with E-state index in [9.17, 15) is 0 Å². The van der Waals surface area contributed by atoms with E-state index in [0.717, 1.165) is 6.54 Å². The van der Waals surface area contributed by atoms with E-state index in [0.29, 0.717) is 0 Å². The van der Waals surface area contributed by atoms with Crippen molar-refractivity contribution in [3.8, 4) is 0 Å². The van der Waals surface area contributed by atoms with Gasteiger partial charge in [-0.1, -0.05) is 187 Å². The first-order valence-electron chi connectivity index (χ1n) is 18.8. The van der Waals surface area contributed by atoms with Crippen LogP contribution in [0.5, 0.6) is 0 Å². The van der Waals surface area contributed by atoms with Crippen molar-refractivity contribution in [2.24, 2.45) is 5.73 Å². The summed E-state index contributed by atoms with van der Waals surface area (Å²) in [5, 5.41) is 0. The van der Waals surface area contributed by atoms with Crippen LogP contribution in [0, 0.1) is 0 Å². The van der Waals surface area contributed by atoms with Gasteiger partial charge in [-0.15, -0.1) is 0 Å². The first-order valence-corrected chi connectivity index (χ1v) is 18.8. The van der Waals surface area contributed by atoms with Crippen LogP contribution in [0.15, 0.2) is 0 Å². The molecule has 0 saturated heterocycles. The van der Waals surface area contributed by atoms with E-state index >= 15 is 0 Å². The van der Waals surface area contributed by atoms with E-state index in [1.807, 2.05) is 0 Å². The van der Waals surface area contributed by atoms with Gasteiger partial charge in [-0.3, -0.25) is 0 Å². The largest absolute Gasteiger partial charge is 0.330 e. The summed E-state index contributed by atoms with van der Waals surface area (Å²) in [5.41, 5.74) is 5.57. The summed E-state index contributed by atoms with van der Waals surface area (Å²) >= 11 is 0. The van der Waals surface area contributed by atoms with Crippen LogP contribution in [-0.2, 0) is 0 Å². The molecule has 0 fully saturated rings. The van der Waals surface area contributed by atoms with Gasteiger partial charge in [-0.25, -0.2) is 0 Å². The molecule has 0 aliphatic heterocycles. The molecule has 0 aliphatic rings. The lowest BCUT2D eigenvalue weighted by atomic mass is 10.0. The Morgan fingerprint density at radius 2 is 0.487 bits per heavy atom. The Labute approximate surface area is 249 Å². The summed E-state index contributed by atoms with van der Waals surface area (Å²) in [6.07, 6.45) is 44.5. The average Bonchev–Trinajstić information content (AvgIpc) is 2.95. The van der Waals surface area contributed by atoms with Crippen LogP contribution >= 0.6 is 0 Å². The van der Waals surface area contributed by atoms with Crippen LogP contribution in [0.25, 0.3) is 0 Å². The molecule has 0 bridgehead atoms. The molecular weight excluding hydrogens is 472 g/mol. The number of hydrogen-bond donors (Lipinski definition) is 1. The van der Waals surface area contributed by atoms with Crippen LogP contribution in [-0.4, -0.2) is 31.1 Å². The summed E-state index contributed by atoms with van der Waals surface area (Å²) < 4.78 is 0. The molecule has 0 spiro atoms. The van der Waals surface area contributed by atoms with E-state index in [1.165, 1.54) is 219 Å². The highest BCUT2D eigenvalue weighted by Crippen LogP contribution is 2.15. The van der Waals surface area contributed by atoms with E-state index in [-0.39, 0.29) is 0 Å². The Morgan fingerprint density at radius 3 is 0.718 bits per heavy atom. The SMILES string of the molecule is CCCCCCCCCCN(CCCCCCCCC)CCCCCCCCCCCCCCCCCCN. The first kappa shape index (κ1) is 38.9. The Bertz CT molecular complexity index is 410. The third kappa shape index (κ3) is 34.0. The van der Waals surface area contributed by atoms with E-state index in [2.05, 4.69) is 18.7 Å². The predicted octanol–water partition coefficient (Wildman–Crippen LogP) is 12.4. The van der Waals surface area contributed by atoms with Gasteiger partial charge in [0.15, 0.2) is 0 Å². The van der Waals surface area contributed by atoms with Gasteiger partial charge < -0.3 is 10.6 Å². The van der Waals surface area contributed by atoms with Gasteiger partial charge in [0.05, 0.1) is 0 Å². The normalized spacial score (nSPS) is 11.7. The van der Waals surface area contributed by atoms with Crippen LogP contribution < -0.4 is 5.73 Å². The molecule has 0 heterocycles. The lowest BCUT2D eigenvalue weighted by Gasteiger charge is -2.22. The molecule has 39 heavy (non-hydrogen) atoms. The fourth-order valence-electron chi connectivity index (χ4n) is 6.05. The fourth-order valence-corrected chi connectivity index (χ4v) is 6.05. The highest BCUT2D eigenvalue weighted by atomic mass is 15.1. The summed E-state index contributed by atoms with van der Waals surface area (Å²) in [7, 11) is 0. The van der Waals surface area contributed by atoms with Crippen LogP contribution in [0.2, 0.25) is 0 Å². The molecule has 0 atom stereocenters. The van der Waals surface area contributed by atoms with Gasteiger partial charge in [0.25, 0.3) is 0 Å². The van der Waals surface area contributed by atoms with Crippen LogP contribution in [0.1, 0.15) is 213 Å². The maximum atomic E-state index is 5.57. The maximum absolute atomic E-state index is 5.57. The summed E-state index contributed by atoms with van der Waals surface area (Å²) in [4.78, 5) is 2.84. The third-order valence-electron chi connectivity index (χ3n) is 8.83. The Hall–Kier alpha value is -0.0800. The Balaban J connectivity index is 3.70. The molecule has 0 saturated carbocycles. The molecule has 2 heteroatoms. The molecule has 2 N–H and O–H groups in total. The second-order valence-corrected chi connectivity index (χ2v) is 12.9. The van der Waals surface area contributed by atoms with Crippen molar-refractivity contribution >= 4 is 0 Å². The second-order valence-electron chi connectivity index (χ2n) is 12.9. The number of unbranched alkanes of at least 4 members (excludes halogenated alkanes) is 28. The first-order chi connectivity index (χ1) is 19.3. The standard InChI is InChI=1S/C37H78N2/c1-3-5-7-9-11-24-28-32-36-39(35-31-27-23-10-8-6-4-2)37-33-29-25-21-19-17-15-13-12-14-16-18-20-22-26-30-34-38/h3-38H2,1-2H3. The second kappa shape index (κ2) is 35.9. The van der Waals surface area contributed by atoms with Gasteiger partial charge in [-0.05, 0) is 51.9 Å². The molecular formula is C37H78N2. The average molecular weight is 551 g/mol. The van der Waals surface area contributed by atoms with E-state index < -0.39 is 0 Å². The molecule has 236 valence electrons. The lowest BCUT2D eigenvalue weighted by Crippen LogP contribution is -2.27. The van der Waals surface area contributed by atoms with Crippen molar-refractivity contribution in [3.05, 3.63) is 0 Å². The zero-order valence-corrected chi connectivity index (χ0v) is 27.8. The maximum Gasteiger partial charge on any atom is -0.00187 e. The molecule has 0 rings (SSSR count). The van der Waals surface area contributed by atoms with Crippen LogP contribution in [0.3, 0.4) is 0 Å². The quantitative estimate of drug-likeness (QED) is 0.0795. The highest BCUT2D eigenvalue weighted by Gasteiger charge is 2.05. The number of rotatable bonds is 35. The molecule has 0 aromatic rings. The Kier molecular flexibility index (Phi) is 35.9. The minimum atomic E-state index is 0.872. The number of hydrogen-bond acceptors (Lipinski definition) is 2. The minimum Gasteiger partial charge on any atom is -0.330 e. The summed E-state index contributed by atoms with van der Waals surface area (Å²) in [6.45, 7) is 9.59. The van der Waals surface area contributed by atoms with Crippen LogP contribution in [0.4, 0.5) is 0 Å². The van der Waals surface area contributed by atoms with Crippen molar-refractivity contribution < 1.29 is 0 Å². The number of nitrogens with two attached hydrogens (primary N) is 1. The van der Waals surface area contributed by atoms with Crippen molar-refractivity contribution in [2.45, 2.75) is 213 Å². The fraction of sp³-hybridized carbons (Fsp3) is 1.00. The smallest absolute Gasteiger partial charge is 0.00187 e. The summed E-state index contributed by atoms with van der Waals surface area (Å²) in [6, 6.07) is 0. The highest BCUT2D eigenvalue weighted by molar-refractivity contribution is 4.61. The lowest BCUT2D eigenvalue weighted by molar-refractivity contribution is 0.254. The zero-order valence-electron chi connectivity index (χ0n) is 27.8. The minimum absolute atomic E-state index is 0.872. The zero-order chi connectivity index (χ0) is 28.3. The van der Waals surface area contributed by atoms with E-state index in [4.69, 9.17) is 5.73 Å². The van der Waals surface area contributed by atoms with Crippen molar-refractivity contribution in [1.29, 1.82) is 0 Å². The van der Waals surface area contributed by atoms with Crippen molar-refractivity contribution in [1.82, 2.24) is 4.90 Å². The van der Waals surface area contributed by atoms with Gasteiger partial charge >= 0.3 is 0 Å². The molecule has 2 nitrogen and oxygen atoms in total. The molecule has 0 unspecified atom stereocenters. The van der Waals surface area contributed by atoms with Gasteiger partial charge in [0, 0.05) is 0 Å². The molecule has 0 aliphatic carbocycles. The predicted molar refractivity (Wildman–Crippen MR) is 180 cm³/mol. The molecule has 0 aromatic heterocycles. The Morgan fingerprint density at radius 1 is 0.282 bits per heavy atom. The monoisotopic (exact) mass is 551 g/mol. The van der Waals surface area contributed by atoms with Gasteiger partial charge in [0.2, 0.25) is 0 Å². The van der Waals surface area contributed by atoms with Crippen molar-refractivity contribution in [3.63, 3.8) is 0 Å². The molecule has 0 aromatic carbocycles. The van der Waals surface area contributed by atoms with Gasteiger partial charge in [0.1, 0.15) is 0 Å². The van der Waals surface area contributed by atoms with Crippen molar-refractivity contribution in [2.75, 3.05) is 26.2 Å². The molecule has 0 radical (unpaired) electrons. The third-order valence-corrected chi connectivity index (χ3v) is 8.83. The van der Waals surface area contributed by atoms with Gasteiger partial charge in [-0.2, -0.15) is 0 Å². The molecule has 0 amide bonds. The topological polar surface area (TPSA) is 29.3 Å².